The first kappa shape index (κ1) is 14.8. The summed E-state index contributed by atoms with van der Waals surface area (Å²) in [5.74, 6) is -0.0431. The Bertz CT molecular complexity index is 995. The number of halogens is 1. The number of fused-ring (bicyclic) bond motifs is 1. The number of nitrogens with one attached hydrogen (secondary N) is 2. The number of benzene rings is 2. The van der Waals surface area contributed by atoms with Crippen molar-refractivity contribution in [2.45, 2.75) is 18.3 Å². The summed E-state index contributed by atoms with van der Waals surface area (Å²) in [6.07, 6.45) is 3.51. The fourth-order valence-electron chi connectivity index (χ4n) is 3.15. The summed E-state index contributed by atoms with van der Waals surface area (Å²) in [6.45, 7) is 0. The van der Waals surface area contributed by atoms with Crippen LogP contribution in [0.3, 0.4) is 0 Å². The highest BCUT2D eigenvalue weighted by molar-refractivity contribution is 6.31. The van der Waals surface area contributed by atoms with E-state index in [-0.39, 0.29) is 5.91 Å². The molecule has 3 aromatic rings. The molecular weight excluding hydrogens is 322 g/mol. The SMILES string of the molecule is N#Cc1cccc(NC(=O)C2(c3c[nH]c4ccc(Cl)cc34)CC2)c1. The second-order valence-electron chi connectivity index (χ2n) is 6.12. The van der Waals surface area contributed by atoms with Crippen LogP contribution in [0, 0.1) is 11.3 Å². The molecule has 5 heteroatoms. The summed E-state index contributed by atoms with van der Waals surface area (Å²) in [5.41, 5.74) is 2.60. The van der Waals surface area contributed by atoms with E-state index < -0.39 is 5.41 Å². The smallest absolute Gasteiger partial charge is 0.235 e. The van der Waals surface area contributed by atoms with Crippen molar-refractivity contribution in [3.8, 4) is 6.07 Å². The average Bonchev–Trinajstić information content (AvgIpc) is 3.29. The first-order valence-corrected chi connectivity index (χ1v) is 8.09. The predicted octanol–water partition coefficient (Wildman–Crippen LogP) is 4.36. The zero-order valence-electron chi connectivity index (χ0n) is 12.8. The van der Waals surface area contributed by atoms with Gasteiger partial charge in [0.1, 0.15) is 0 Å². The highest BCUT2D eigenvalue weighted by atomic mass is 35.5. The third-order valence-corrected chi connectivity index (χ3v) is 4.83. The third kappa shape index (κ3) is 2.34. The lowest BCUT2D eigenvalue weighted by Gasteiger charge is -2.15. The lowest BCUT2D eigenvalue weighted by Crippen LogP contribution is -2.27. The molecule has 1 amide bonds. The number of rotatable bonds is 3. The Balaban J connectivity index is 1.68. The van der Waals surface area contributed by atoms with Gasteiger partial charge in [-0.05, 0) is 54.8 Å². The molecule has 24 heavy (non-hydrogen) atoms. The van der Waals surface area contributed by atoms with Gasteiger partial charge in [0.15, 0.2) is 0 Å². The second kappa shape index (κ2) is 5.40. The molecule has 4 rings (SSSR count). The van der Waals surface area contributed by atoms with Crippen LogP contribution in [0.4, 0.5) is 5.69 Å². The van der Waals surface area contributed by atoms with Crippen LogP contribution in [-0.2, 0) is 10.2 Å². The van der Waals surface area contributed by atoms with Gasteiger partial charge >= 0.3 is 0 Å². The van der Waals surface area contributed by atoms with Crippen LogP contribution in [-0.4, -0.2) is 10.9 Å². The molecule has 0 radical (unpaired) electrons. The Kier molecular flexibility index (Phi) is 3.33. The molecule has 0 bridgehead atoms. The van der Waals surface area contributed by atoms with Crippen molar-refractivity contribution in [2.75, 3.05) is 5.32 Å². The third-order valence-electron chi connectivity index (χ3n) is 4.59. The summed E-state index contributed by atoms with van der Waals surface area (Å²) in [7, 11) is 0. The van der Waals surface area contributed by atoms with Crippen molar-refractivity contribution in [3.05, 3.63) is 64.8 Å². The van der Waals surface area contributed by atoms with E-state index in [1.54, 1.807) is 24.3 Å². The molecular formula is C19H14ClN3O. The van der Waals surface area contributed by atoms with Crippen molar-refractivity contribution in [2.24, 2.45) is 0 Å². The number of hydrogen-bond acceptors (Lipinski definition) is 2. The number of aromatic nitrogens is 1. The summed E-state index contributed by atoms with van der Waals surface area (Å²) in [5, 5.41) is 13.6. The topological polar surface area (TPSA) is 68.7 Å². The lowest BCUT2D eigenvalue weighted by molar-refractivity contribution is -0.118. The van der Waals surface area contributed by atoms with E-state index in [9.17, 15) is 4.79 Å². The number of aromatic amines is 1. The molecule has 1 aliphatic rings. The van der Waals surface area contributed by atoms with E-state index in [0.29, 0.717) is 16.3 Å². The summed E-state index contributed by atoms with van der Waals surface area (Å²) in [4.78, 5) is 16.1. The van der Waals surface area contributed by atoms with Crippen molar-refractivity contribution < 1.29 is 4.79 Å². The Morgan fingerprint density at radius 2 is 2.08 bits per heavy atom. The summed E-state index contributed by atoms with van der Waals surface area (Å²) >= 11 is 6.12. The molecule has 2 aromatic carbocycles. The molecule has 2 N–H and O–H groups in total. The minimum Gasteiger partial charge on any atom is -0.361 e. The Morgan fingerprint density at radius 1 is 1.25 bits per heavy atom. The van der Waals surface area contributed by atoms with E-state index in [4.69, 9.17) is 16.9 Å². The molecule has 0 saturated heterocycles. The highest BCUT2D eigenvalue weighted by Crippen LogP contribution is 2.51. The van der Waals surface area contributed by atoms with Gasteiger partial charge in [-0.2, -0.15) is 5.26 Å². The van der Waals surface area contributed by atoms with Crippen molar-refractivity contribution in [3.63, 3.8) is 0 Å². The van der Waals surface area contributed by atoms with Crippen LogP contribution in [0.2, 0.25) is 5.02 Å². The molecule has 0 spiro atoms. The molecule has 1 aromatic heterocycles. The van der Waals surface area contributed by atoms with Crippen LogP contribution >= 0.6 is 11.6 Å². The van der Waals surface area contributed by atoms with Crippen LogP contribution in [0.25, 0.3) is 10.9 Å². The van der Waals surface area contributed by atoms with Gasteiger partial charge in [0.2, 0.25) is 5.91 Å². The molecule has 1 aliphatic carbocycles. The van der Waals surface area contributed by atoms with Gasteiger partial charge in [0.25, 0.3) is 0 Å². The second-order valence-corrected chi connectivity index (χ2v) is 6.56. The monoisotopic (exact) mass is 335 g/mol. The van der Waals surface area contributed by atoms with Gasteiger partial charge in [-0.15, -0.1) is 0 Å². The van der Waals surface area contributed by atoms with Gasteiger partial charge < -0.3 is 10.3 Å². The Hall–Kier alpha value is -2.77. The standard InChI is InChI=1S/C19H14ClN3O/c20-13-4-5-17-15(9-13)16(11-22-17)19(6-7-19)18(24)23-14-3-1-2-12(8-14)10-21/h1-5,8-9,11,22H,6-7H2,(H,23,24). The van der Waals surface area contributed by atoms with Gasteiger partial charge in [0, 0.05) is 27.8 Å². The van der Waals surface area contributed by atoms with Crippen LogP contribution in [0.1, 0.15) is 24.0 Å². The first-order valence-electron chi connectivity index (χ1n) is 7.71. The molecule has 1 fully saturated rings. The fraction of sp³-hybridized carbons (Fsp3) is 0.158. The van der Waals surface area contributed by atoms with Crippen molar-refractivity contribution in [1.82, 2.24) is 4.98 Å². The van der Waals surface area contributed by atoms with E-state index in [0.717, 1.165) is 29.3 Å². The number of amides is 1. The largest absolute Gasteiger partial charge is 0.361 e. The maximum atomic E-state index is 12.9. The number of anilines is 1. The quantitative estimate of drug-likeness (QED) is 0.746. The average molecular weight is 336 g/mol. The fourth-order valence-corrected chi connectivity index (χ4v) is 3.32. The summed E-state index contributed by atoms with van der Waals surface area (Å²) < 4.78 is 0. The molecule has 0 atom stereocenters. The lowest BCUT2D eigenvalue weighted by atomic mass is 9.94. The number of carbonyl (C=O) groups is 1. The Labute approximate surface area is 144 Å². The summed E-state index contributed by atoms with van der Waals surface area (Å²) in [6, 6.07) is 14.7. The zero-order valence-corrected chi connectivity index (χ0v) is 13.5. The number of nitriles is 1. The van der Waals surface area contributed by atoms with Gasteiger partial charge in [-0.3, -0.25) is 4.79 Å². The molecule has 1 heterocycles. The van der Waals surface area contributed by atoms with Crippen LogP contribution < -0.4 is 5.32 Å². The predicted molar refractivity (Wildman–Crippen MR) is 94.0 cm³/mol. The zero-order chi connectivity index (χ0) is 16.7. The maximum Gasteiger partial charge on any atom is 0.235 e. The van der Waals surface area contributed by atoms with Gasteiger partial charge in [0.05, 0.1) is 17.0 Å². The maximum absolute atomic E-state index is 12.9. The van der Waals surface area contributed by atoms with E-state index in [1.807, 2.05) is 24.4 Å². The molecule has 4 nitrogen and oxygen atoms in total. The van der Waals surface area contributed by atoms with Crippen molar-refractivity contribution in [1.29, 1.82) is 5.26 Å². The van der Waals surface area contributed by atoms with Crippen molar-refractivity contribution >= 4 is 34.1 Å². The Morgan fingerprint density at radius 3 is 2.83 bits per heavy atom. The van der Waals surface area contributed by atoms with Crippen LogP contribution in [0.15, 0.2) is 48.7 Å². The van der Waals surface area contributed by atoms with E-state index in [2.05, 4.69) is 16.4 Å². The minimum absolute atomic E-state index is 0.0431. The number of H-pyrrole nitrogens is 1. The first-order chi connectivity index (χ1) is 11.6. The molecule has 1 saturated carbocycles. The minimum atomic E-state index is -0.522. The van der Waals surface area contributed by atoms with Crippen LogP contribution in [0.5, 0.6) is 0 Å². The number of hydrogen-bond donors (Lipinski definition) is 2. The number of carbonyl (C=O) groups excluding carboxylic acids is 1. The molecule has 118 valence electrons. The highest BCUT2D eigenvalue weighted by Gasteiger charge is 2.52. The molecule has 0 aliphatic heterocycles. The number of nitrogens with zero attached hydrogens (tertiary/aromatic N) is 1. The van der Waals surface area contributed by atoms with E-state index >= 15 is 0 Å². The van der Waals surface area contributed by atoms with E-state index in [1.165, 1.54) is 0 Å². The van der Waals surface area contributed by atoms with Gasteiger partial charge in [-0.25, -0.2) is 0 Å². The molecule has 0 unspecified atom stereocenters. The normalized spacial score (nSPS) is 15.0. The van der Waals surface area contributed by atoms with Gasteiger partial charge in [-0.1, -0.05) is 17.7 Å².